The Morgan fingerprint density at radius 2 is 2.00 bits per heavy atom. The summed E-state index contributed by atoms with van der Waals surface area (Å²) in [6, 6.07) is 14.2. The van der Waals surface area contributed by atoms with Crippen molar-refractivity contribution in [3.8, 4) is 0 Å². The standard InChI is InChI=1S/C22H23N3OS/c1-15-21(16(2)25(24-15)14-17-7-4-3-5-8-17)18-10-11-19(13-18)23-22(26)20-9-6-12-27-20/h3-12,18-19H,13-14H2,1-2H3,(H,23,26)/t18-,19+/m0/s1. The summed E-state index contributed by atoms with van der Waals surface area (Å²) >= 11 is 1.47. The number of hydrogen-bond donors (Lipinski definition) is 1. The molecule has 3 aromatic rings. The van der Waals surface area contributed by atoms with E-state index in [1.807, 2.05) is 23.6 Å². The second kappa shape index (κ2) is 7.53. The molecule has 2 heterocycles. The van der Waals surface area contributed by atoms with Crippen LogP contribution in [0, 0.1) is 13.8 Å². The summed E-state index contributed by atoms with van der Waals surface area (Å²) in [6.45, 7) is 5.00. The molecule has 1 aliphatic carbocycles. The van der Waals surface area contributed by atoms with Crippen molar-refractivity contribution in [1.82, 2.24) is 15.1 Å². The van der Waals surface area contributed by atoms with Gasteiger partial charge in [-0.2, -0.15) is 5.10 Å². The smallest absolute Gasteiger partial charge is 0.261 e. The van der Waals surface area contributed by atoms with Gasteiger partial charge < -0.3 is 5.32 Å². The van der Waals surface area contributed by atoms with Gasteiger partial charge in [0.1, 0.15) is 0 Å². The minimum absolute atomic E-state index is 0.00789. The van der Waals surface area contributed by atoms with Crippen molar-refractivity contribution in [3.05, 3.63) is 87.4 Å². The summed E-state index contributed by atoms with van der Waals surface area (Å²) < 4.78 is 2.09. The van der Waals surface area contributed by atoms with Gasteiger partial charge in [0.15, 0.2) is 0 Å². The zero-order valence-electron chi connectivity index (χ0n) is 15.6. The number of aryl methyl sites for hydroxylation is 1. The molecule has 4 rings (SSSR count). The molecule has 27 heavy (non-hydrogen) atoms. The molecular formula is C22H23N3OS. The normalized spacial score (nSPS) is 18.7. The summed E-state index contributed by atoms with van der Waals surface area (Å²) in [6.07, 6.45) is 5.21. The van der Waals surface area contributed by atoms with Crippen LogP contribution < -0.4 is 5.32 Å². The van der Waals surface area contributed by atoms with Crippen LogP contribution in [0.15, 0.2) is 60.0 Å². The maximum absolute atomic E-state index is 12.3. The van der Waals surface area contributed by atoms with E-state index in [-0.39, 0.29) is 11.9 Å². The highest BCUT2D eigenvalue weighted by atomic mass is 32.1. The summed E-state index contributed by atoms with van der Waals surface area (Å²) in [4.78, 5) is 13.1. The van der Waals surface area contributed by atoms with Gasteiger partial charge in [0.2, 0.25) is 0 Å². The monoisotopic (exact) mass is 377 g/mol. The number of benzene rings is 1. The van der Waals surface area contributed by atoms with E-state index in [2.05, 4.69) is 60.3 Å². The molecule has 0 aliphatic heterocycles. The highest BCUT2D eigenvalue weighted by Crippen LogP contribution is 2.33. The van der Waals surface area contributed by atoms with E-state index >= 15 is 0 Å². The number of hydrogen-bond acceptors (Lipinski definition) is 3. The third kappa shape index (κ3) is 3.74. The number of carbonyl (C=O) groups is 1. The van der Waals surface area contributed by atoms with Gasteiger partial charge in [-0.1, -0.05) is 48.6 Å². The first-order chi connectivity index (χ1) is 13.1. The van der Waals surface area contributed by atoms with Gasteiger partial charge in [0.05, 0.1) is 17.1 Å². The first-order valence-corrected chi connectivity index (χ1v) is 10.1. The average Bonchev–Trinajstić information content (AvgIpc) is 3.38. The number of nitrogens with zero attached hydrogens (tertiary/aromatic N) is 2. The summed E-state index contributed by atoms with van der Waals surface area (Å²) in [7, 11) is 0. The molecule has 1 amide bonds. The molecule has 1 aromatic carbocycles. The number of allylic oxidation sites excluding steroid dienone is 1. The van der Waals surface area contributed by atoms with Crippen LogP contribution in [-0.2, 0) is 6.54 Å². The predicted octanol–water partition coefficient (Wildman–Crippen LogP) is 4.45. The average molecular weight is 378 g/mol. The quantitative estimate of drug-likeness (QED) is 0.668. The molecule has 1 aliphatic rings. The van der Waals surface area contributed by atoms with Crippen LogP contribution in [-0.4, -0.2) is 21.7 Å². The largest absolute Gasteiger partial charge is 0.345 e. The van der Waals surface area contributed by atoms with Crippen molar-refractivity contribution in [2.45, 2.75) is 38.8 Å². The first kappa shape index (κ1) is 17.7. The predicted molar refractivity (Wildman–Crippen MR) is 109 cm³/mol. The Morgan fingerprint density at radius 1 is 1.19 bits per heavy atom. The van der Waals surface area contributed by atoms with Gasteiger partial charge in [-0.05, 0) is 37.3 Å². The summed E-state index contributed by atoms with van der Waals surface area (Å²) in [5, 5.41) is 9.82. The van der Waals surface area contributed by atoms with E-state index in [0.29, 0.717) is 5.92 Å². The Balaban J connectivity index is 1.46. The van der Waals surface area contributed by atoms with Crippen molar-refractivity contribution in [3.63, 3.8) is 0 Å². The van der Waals surface area contributed by atoms with Gasteiger partial charge in [0, 0.05) is 23.2 Å². The van der Waals surface area contributed by atoms with Gasteiger partial charge >= 0.3 is 0 Å². The second-order valence-corrected chi connectivity index (χ2v) is 7.96. The van der Waals surface area contributed by atoms with Crippen molar-refractivity contribution in [1.29, 1.82) is 0 Å². The fourth-order valence-corrected chi connectivity index (χ4v) is 4.45. The van der Waals surface area contributed by atoms with E-state index in [9.17, 15) is 4.79 Å². The van der Waals surface area contributed by atoms with E-state index in [4.69, 9.17) is 5.10 Å². The van der Waals surface area contributed by atoms with Crippen molar-refractivity contribution >= 4 is 17.2 Å². The fraction of sp³-hybridized carbons (Fsp3) is 0.273. The van der Waals surface area contributed by atoms with E-state index in [0.717, 1.165) is 23.5 Å². The van der Waals surface area contributed by atoms with Crippen LogP contribution in [0.5, 0.6) is 0 Å². The lowest BCUT2D eigenvalue weighted by atomic mass is 9.96. The maximum Gasteiger partial charge on any atom is 0.261 e. The van der Waals surface area contributed by atoms with Crippen LogP contribution in [0.1, 0.15) is 44.5 Å². The summed E-state index contributed by atoms with van der Waals surface area (Å²) in [5.74, 6) is 0.302. The molecule has 1 N–H and O–H groups in total. The molecule has 5 heteroatoms. The van der Waals surface area contributed by atoms with Crippen LogP contribution in [0.25, 0.3) is 0 Å². The Hall–Kier alpha value is -2.66. The van der Waals surface area contributed by atoms with Crippen molar-refractivity contribution in [2.75, 3.05) is 0 Å². The van der Waals surface area contributed by atoms with E-state index in [1.54, 1.807) is 0 Å². The topological polar surface area (TPSA) is 46.9 Å². The maximum atomic E-state index is 12.3. The van der Waals surface area contributed by atoms with Crippen LogP contribution >= 0.6 is 11.3 Å². The second-order valence-electron chi connectivity index (χ2n) is 7.01. The number of thiophene rings is 1. The Morgan fingerprint density at radius 3 is 2.74 bits per heavy atom. The van der Waals surface area contributed by atoms with E-state index < -0.39 is 0 Å². The van der Waals surface area contributed by atoms with Gasteiger partial charge in [-0.3, -0.25) is 9.48 Å². The highest BCUT2D eigenvalue weighted by Gasteiger charge is 2.27. The molecule has 0 spiro atoms. The lowest BCUT2D eigenvalue weighted by molar-refractivity contribution is 0.0948. The van der Waals surface area contributed by atoms with Gasteiger partial charge in [-0.25, -0.2) is 0 Å². The molecular weight excluding hydrogens is 354 g/mol. The van der Waals surface area contributed by atoms with Crippen LogP contribution in [0.3, 0.4) is 0 Å². The number of carbonyl (C=O) groups excluding carboxylic acids is 1. The molecule has 0 radical (unpaired) electrons. The number of amides is 1. The Bertz CT molecular complexity index is 957. The molecule has 0 fully saturated rings. The molecule has 2 atom stereocenters. The first-order valence-electron chi connectivity index (χ1n) is 9.22. The lowest BCUT2D eigenvalue weighted by Gasteiger charge is -2.14. The van der Waals surface area contributed by atoms with Crippen LogP contribution in [0.2, 0.25) is 0 Å². The minimum Gasteiger partial charge on any atom is -0.345 e. The molecule has 2 aromatic heterocycles. The molecule has 0 saturated carbocycles. The number of rotatable bonds is 5. The molecule has 0 saturated heterocycles. The molecule has 0 unspecified atom stereocenters. The molecule has 138 valence electrons. The number of nitrogens with one attached hydrogen (secondary N) is 1. The molecule has 4 nitrogen and oxygen atoms in total. The lowest BCUT2D eigenvalue weighted by Crippen LogP contribution is -2.32. The number of aromatic nitrogens is 2. The SMILES string of the molecule is Cc1nn(Cc2ccccc2)c(C)c1[C@H]1C=C[C@@H](NC(=O)c2cccs2)C1. The van der Waals surface area contributed by atoms with Crippen molar-refractivity contribution in [2.24, 2.45) is 0 Å². The Labute approximate surface area is 163 Å². The minimum atomic E-state index is 0.00789. The zero-order valence-corrected chi connectivity index (χ0v) is 16.4. The van der Waals surface area contributed by atoms with E-state index in [1.165, 1.54) is 28.2 Å². The molecule has 0 bridgehead atoms. The third-order valence-electron chi connectivity index (χ3n) is 5.13. The van der Waals surface area contributed by atoms with Crippen molar-refractivity contribution < 1.29 is 4.79 Å². The Kier molecular flexibility index (Phi) is 4.94. The van der Waals surface area contributed by atoms with Gasteiger partial charge in [0.25, 0.3) is 5.91 Å². The van der Waals surface area contributed by atoms with Gasteiger partial charge in [-0.15, -0.1) is 11.3 Å². The fourth-order valence-electron chi connectivity index (χ4n) is 3.83. The third-order valence-corrected chi connectivity index (χ3v) is 6.00. The van der Waals surface area contributed by atoms with Crippen LogP contribution in [0.4, 0.5) is 0 Å². The zero-order chi connectivity index (χ0) is 18.8. The summed E-state index contributed by atoms with van der Waals surface area (Å²) in [5.41, 5.74) is 4.81. The highest BCUT2D eigenvalue weighted by molar-refractivity contribution is 7.12.